The number of benzene rings is 2. The summed E-state index contributed by atoms with van der Waals surface area (Å²) in [6.45, 7) is 6.37. The van der Waals surface area contributed by atoms with Gasteiger partial charge in [0.25, 0.3) is 5.91 Å². The van der Waals surface area contributed by atoms with E-state index in [0.29, 0.717) is 6.04 Å². The van der Waals surface area contributed by atoms with Gasteiger partial charge in [-0.2, -0.15) is 5.10 Å². The topological polar surface area (TPSA) is 70.4 Å². The minimum Gasteiger partial charge on any atom is -0.296 e. The summed E-state index contributed by atoms with van der Waals surface area (Å²) in [5, 5.41) is 13.4. The fourth-order valence-electron chi connectivity index (χ4n) is 4.62. The molecule has 1 aliphatic heterocycles. The van der Waals surface area contributed by atoms with Crippen molar-refractivity contribution in [1.29, 1.82) is 0 Å². The largest absolute Gasteiger partial charge is 0.296 e. The first kappa shape index (κ1) is 22.0. The van der Waals surface area contributed by atoms with Gasteiger partial charge in [0.05, 0.1) is 11.4 Å². The van der Waals surface area contributed by atoms with Crippen molar-refractivity contribution in [2.45, 2.75) is 39.2 Å². The Morgan fingerprint density at radius 3 is 2.62 bits per heavy atom. The fraction of sp³-hybridized carbons (Fsp3) is 0.308. The Morgan fingerprint density at radius 1 is 1.16 bits per heavy atom. The molecule has 0 saturated carbocycles. The molecule has 1 amide bonds. The lowest BCUT2D eigenvalue weighted by molar-refractivity contribution is -0.124. The number of carbonyl (C=O) groups is 1. The molecule has 1 aliphatic rings. The maximum Gasteiger partial charge on any atom is 0.267 e. The molecular weight excluding hydrogens is 400 g/mol. The van der Waals surface area contributed by atoms with Crippen molar-refractivity contribution >= 4 is 12.0 Å². The van der Waals surface area contributed by atoms with Gasteiger partial charge < -0.3 is 0 Å². The van der Waals surface area contributed by atoms with Crippen LogP contribution in [0.5, 0.6) is 0 Å². The van der Waals surface area contributed by atoms with Gasteiger partial charge in [0.15, 0.2) is 0 Å². The highest BCUT2D eigenvalue weighted by molar-refractivity contribution is 5.90. The van der Waals surface area contributed by atoms with Crippen LogP contribution in [-0.4, -0.2) is 38.9 Å². The van der Waals surface area contributed by atoms with E-state index < -0.39 is 5.91 Å². The summed E-state index contributed by atoms with van der Waals surface area (Å²) in [5.74, 6) is -0.530. The summed E-state index contributed by atoms with van der Waals surface area (Å²) in [4.78, 5) is 13.7. The Hall–Kier alpha value is -3.22. The summed E-state index contributed by atoms with van der Waals surface area (Å²) in [6, 6.07) is 19.0. The number of hydroxylamine groups is 1. The van der Waals surface area contributed by atoms with Crippen LogP contribution in [0.25, 0.3) is 11.8 Å². The smallest absolute Gasteiger partial charge is 0.267 e. The minimum atomic E-state index is -0.530. The van der Waals surface area contributed by atoms with Gasteiger partial charge in [-0.3, -0.25) is 14.9 Å². The Bertz CT molecular complexity index is 1090. The molecule has 6 nitrogen and oxygen atoms in total. The molecule has 1 unspecified atom stereocenters. The van der Waals surface area contributed by atoms with Crippen LogP contribution in [0.15, 0.2) is 60.7 Å². The first-order valence-corrected chi connectivity index (χ1v) is 11.1. The van der Waals surface area contributed by atoms with Crippen molar-refractivity contribution in [3.05, 3.63) is 88.8 Å². The van der Waals surface area contributed by atoms with Crippen LogP contribution in [-0.2, 0) is 11.2 Å². The summed E-state index contributed by atoms with van der Waals surface area (Å²) in [5.41, 5.74) is 8.60. The summed E-state index contributed by atoms with van der Waals surface area (Å²) in [6.07, 6.45) is 6.35. The molecule has 32 heavy (non-hydrogen) atoms. The summed E-state index contributed by atoms with van der Waals surface area (Å²) in [7, 11) is 0. The van der Waals surface area contributed by atoms with Crippen LogP contribution in [0.3, 0.4) is 0 Å². The normalized spacial score (nSPS) is 16.7. The molecule has 1 fully saturated rings. The number of aryl methyl sites for hydroxylation is 1. The molecule has 1 atom stereocenters. The van der Waals surface area contributed by atoms with Gasteiger partial charge in [-0.1, -0.05) is 42.5 Å². The average Bonchev–Trinajstić information content (AvgIpc) is 3.41. The molecule has 3 aromatic rings. The van der Waals surface area contributed by atoms with Crippen molar-refractivity contribution in [2.24, 2.45) is 0 Å². The number of rotatable bonds is 7. The van der Waals surface area contributed by atoms with E-state index in [2.05, 4.69) is 47.7 Å². The maximum absolute atomic E-state index is 11.2. The monoisotopic (exact) mass is 430 g/mol. The van der Waals surface area contributed by atoms with Crippen molar-refractivity contribution in [1.82, 2.24) is 20.2 Å². The van der Waals surface area contributed by atoms with Crippen LogP contribution >= 0.6 is 0 Å². The Kier molecular flexibility index (Phi) is 6.83. The molecule has 6 heteroatoms. The standard InChI is InChI=1S/C26H30N4O2/c1-19-24(20(2)30(27-19)23-7-4-3-5-8-23)16-18-29-17-6-9-25(29)22-13-10-21(11-14-22)12-15-26(31)28-32/h3-5,7-8,10-15,25,32H,6,9,16-18H2,1-2H3,(H,28,31). The molecule has 4 rings (SSSR count). The van der Waals surface area contributed by atoms with Gasteiger partial charge in [-0.25, -0.2) is 10.2 Å². The van der Waals surface area contributed by atoms with E-state index in [1.165, 1.54) is 29.3 Å². The number of amides is 1. The molecule has 166 valence electrons. The van der Waals surface area contributed by atoms with E-state index in [0.717, 1.165) is 42.9 Å². The van der Waals surface area contributed by atoms with Crippen LogP contribution in [0.2, 0.25) is 0 Å². The quantitative estimate of drug-likeness (QED) is 0.331. The molecule has 0 bridgehead atoms. The second-order valence-corrected chi connectivity index (χ2v) is 8.32. The zero-order valence-corrected chi connectivity index (χ0v) is 18.7. The minimum absolute atomic E-state index is 0.415. The SMILES string of the molecule is Cc1nn(-c2ccccc2)c(C)c1CCN1CCCC1c1ccc(C=CC(=O)NO)cc1. The van der Waals surface area contributed by atoms with Crippen LogP contribution in [0.4, 0.5) is 0 Å². The maximum atomic E-state index is 11.2. The first-order valence-electron chi connectivity index (χ1n) is 11.1. The van der Waals surface area contributed by atoms with E-state index >= 15 is 0 Å². The average molecular weight is 431 g/mol. The third-order valence-electron chi connectivity index (χ3n) is 6.31. The van der Waals surface area contributed by atoms with Gasteiger partial charge >= 0.3 is 0 Å². The van der Waals surface area contributed by atoms with E-state index in [1.807, 2.05) is 30.3 Å². The third kappa shape index (κ3) is 4.82. The molecule has 2 aromatic carbocycles. The number of likely N-dealkylation sites (tertiary alicyclic amines) is 1. The molecule has 2 N–H and O–H groups in total. The van der Waals surface area contributed by atoms with Gasteiger partial charge in [0, 0.05) is 24.4 Å². The lowest BCUT2D eigenvalue weighted by Crippen LogP contribution is -2.26. The number of aromatic nitrogens is 2. The predicted octanol–water partition coefficient (Wildman–Crippen LogP) is 4.39. The highest BCUT2D eigenvalue weighted by Crippen LogP contribution is 2.32. The number of nitrogens with zero attached hydrogens (tertiary/aromatic N) is 3. The lowest BCUT2D eigenvalue weighted by Gasteiger charge is -2.25. The molecule has 2 heterocycles. The summed E-state index contributed by atoms with van der Waals surface area (Å²) < 4.78 is 2.05. The molecular formula is C26H30N4O2. The zero-order valence-electron chi connectivity index (χ0n) is 18.7. The second-order valence-electron chi connectivity index (χ2n) is 8.32. The Morgan fingerprint density at radius 2 is 1.91 bits per heavy atom. The van der Waals surface area contributed by atoms with Gasteiger partial charge in [-0.05, 0) is 74.6 Å². The number of hydrogen-bond acceptors (Lipinski definition) is 4. The molecule has 0 spiro atoms. The number of carbonyl (C=O) groups excluding carboxylic acids is 1. The van der Waals surface area contributed by atoms with Crippen LogP contribution in [0.1, 0.15) is 47.0 Å². The molecule has 0 aliphatic carbocycles. The second kappa shape index (κ2) is 9.94. The van der Waals surface area contributed by atoms with E-state index in [-0.39, 0.29) is 0 Å². The van der Waals surface area contributed by atoms with Crippen molar-refractivity contribution in [3.63, 3.8) is 0 Å². The Balaban J connectivity index is 1.44. The Labute approximate surface area is 189 Å². The van der Waals surface area contributed by atoms with Gasteiger partial charge in [-0.15, -0.1) is 0 Å². The number of para-hydroxylation sites is 1. The third-order valence-corrected chi connectivity index (χ3v) is 6.31. The first-order chi connectivity index (χ1) is 15.6. The highest BCUT2D eigenvalue weighted by Gasteiger charge is 2.26. The molecule has 1 aromatic heterocycles. The van der Waals surface area contributed by atoms with Crippen molar-refractivity contribution in [2.75, 3.05) is 13.1 Å². The highest BCUT2D eigenvalue weighted by atomic mass is 16.5. The predicted molar refractivity (Wildman–Crippen MR) is 126 cm³/mol. The van der Waals surface area contributed by atoms with Gasteiger partial charge in [0.2, 0.25) is 0 Å². The summed E-state index contributed by atoms with van der Waals surface area (Å²) >= 11 is 0. The van der Waals surface area contributed by atoms with Crippen molar-refractivity contribution < 1.29 is 10.0 Å². The van der Waals surface area contributed by atoms with Crippen LogP contribution in [0, 0.1) is 13.8 Å². The van der Waals surface area contributed by atoms with Gasteiger partial charge in [0.1, 0.15) is 0 Å². The number of hydrogen-bond donors (Lipinski definition) is 2. The molecule has 0 radical (unpaired) electrons. The zero-order chi connectivity index (χ0) is 22.5. The lowest BCUT2D eigenvalue weighted by atomic mass is 10.0. The van der Waals surface area contributed by atoms with Crippen LogP contribution < -0.4 is 5.48 Å². The fourth-order valence-corrected chi connectivity index (χ4v) is 4.62. The van der Waals surface area contributed by atoms with E-state index in [9.17, 15) is 4.79 Å². The molecule has 1 saturated heterocycles. The number of nitrogens with one attached hydrogen (secondary N) is 1. The van der Waals surface area contributed by atoms with E-state index in [1.54, 1.807) is 11.6 Å². The van der Waals surface area contributed by atoms with E-state index in [4.69, 9.17) is 10.3 Å². The van der Waals surface area contributed by atoms with Crippen molar-refractivity contribution in [3.8, 4) is 5.69 Å².